The predicted molar refractivity (Wildman–Crippen MR) is 112 cm³/mol. The van der Waals surface area contributed by atoms with Crippen LogP contribution in [0.3, 0.4) is 0 Å². The molecule has 1 saturated heterocycles. The molecular weight excluding hydrogens is 348 g/mol. The summed E-state index contributed by atoms with van der Waals surface area (Å²) in [4.78, 5) is 15.8. The molecule has 0 spiro atoms. The molecule has 4 nitrogen and oxygen atoms in total. The summed E-state index contributed by atoms with van der Waals surface area (Å²) in [5.74, 6) is 0.952. The fourth-order valence-corrected chi connectivity index (χ4v) is 5.40. The molecule has 2 saturated carbocycles. The van der Waals surface area contributed by atoms with Gasteiger partial charge in [0.15, 0.2) is 5.60 Å². The number of hydrogen-bond donors (Lipinski definition) is 2. The van der Waals surface area contributed by atoms with Crippen LogP contribution in [0.25, 0.3) is 0 Å². The summed E-state index contributed by atoms with van der Waals surface area (Å²) in [7, 11) is 0. The highest BCUT2D eigenvalue weighted by Crippen LogP contribution is 2.47. The van der Waals surface area contributed by atoms with E-state index in [1.807, 2.05) is 30.3 Å². The number of rotatable bonds is 7. The molecule has 1 unspecified atom stereocenters. The van der Waals surface area contributed by atoms with Gasteiger partial charge in [-0.1, -0.05) is 54.8 Å². The van der Waals surface area contributed by atoms with E-state index in [-0.39, 0.29) is 17.9 Å². The summed E-state index contributed by atoms with van der Waals surface area (Å²) in [5, 5.41) is 14.8. The molecule has 1 aromatic carbocycles. The van der Waals surface area contributed by atoms with Crippen molar-refractivity contribution in [2.24, 2.45) is 17.8 Å². The summed E-state index contributed by atoms with van der Waals surface area (Å²) in [6.07, 6.45) is 7.45. The first kappa shape index (κ1) is 19.7. The maximum Gasteiger partial charge on any atom is 0.257 e. The highest BCUT2D eigenvalue weighted by molar-refractivity contribution is 5.87. The van der Waals surface area contributed by atoms with Crippen LogP contribution in [0.1, 0.15) is 51.5 Å². The lowest BCUT2D eigenvalue weighted by atomic mass is 9.79. The van der Waals surface area contributed by atoms with E-state index < -0.39 is 5.60 Å². The monoisotopic (exact) mass is 382 g/mol. The number of hydrogen-bond acceptors (Lipinski definition) is 3. The zero-order chi connectivity index (χ0) is 19.7. The Morgan fingerprint density at radius 3 is 2.43 bits per heavy atom. The molecule has 0 bridgehead atoms. The minimum Gasteiger partial charge on any atom is -0.375 e. The maximum atomic E-state index is 13.3. The number of allylic oxidation sites excluding steroid dienone is 1. The lowest BCUT2D eigenvalue weighted by molar-refractivity contribution is -0.147. The second-order valence-corrected chi connectivity index (χ2v) is 9.27. The van der Waals surface area contributed by atoms with E-state index in [0.717, 1.165) is 57.3 Å². The summed E-state index contributed by atoms with van der Waals surface area (Å²) in [5.41, 5.74) is 0.729. The molecule has 3 aliphatic rings. The number of likely N-dealkylation sites (tertiary alicyclic amines) is 1. The smallest absolute Gasteiger partial charge is 0.257 e. The standard InChI is InChI=1S/C24H34N2O2/c1-17(2)9-8-14-26-15-20-21(16-26)22(20)25-23(27)24(28,19-12-6-7-13-19)18-10-4-3-5-11-18/h3-5,9-11,19-22,28H,6-8,12-16H2,1-2H3,(H,25,27)/t20-,21+,22?,24-/m0/s1. The van der Waals surface area contributed by atoms with E-state index in [2.05, 4.69) is 30.1 Å². The summed E-state index contributed by atoms with van der Waals surface area (Å²) >= 11 is 0. The Morgan fingerprint density at radius 1 is 1.18 bits per heavy atom. The van der Waals surface area contributed by atoms with Crippen LogP contribution < -0.4 is 5.32 Å². The van der Waals surface area contributed by atoms with Gasteiger partial charge in [-0.05, 0) is 50.5 Å². The summed E-state index contributed by atoms with van der Waals surface area (Å²) < 4.78 is 0. The molecule has 1 amide bonds. The third-order valence-electron chi connectivity index (χ3n) is 7.07. The molecule has 0 radical (unpaired) electrons. The van der Waals surface area contributed by atoms with Gasteiger partial charge in [0.25, 0.3) is 5.91 Å². The molecule has 3 fully saturated rings. The highest BCUT2D eigenvalue weighted by atomic mass is 16.3. The molecule has 1 heterocycles. The van der Waals surface area contributed by atoms with Crippen LogP contribution in [-0.2, 0) is 10.4 Å². The number of amides is 1. The second kappa shape index (κ2) is 8.00. The van der Waals surface area contributed by atoms with Gasteiger partial charge in [-0.2, -0.15) is 0 Å². The van der Waals surface area contributed by atoms with Crippen LogP contribution in [0.2, 0.25) is 0 Å². The molecule has 2 N–H and O–H groups in total. The van der Waals surface area contributed by atoms with Gasteiger partial charge in [-0.25, -0.2) is 0 Å². The minimum atomic E-state index is -1.39. The first-order valence-electron chi connectivity index (χ1n) is 10.9. The summed E-state index contributed by atoms with van der Waals surface area (Å²) in [6, 6.07) is 9.81. The number of carbonyl (C=O) groups excluding carboxylic acids is 1. The van der Waals surface area contributed by atoms with Crippen LogP contribution in [0.15, 0.2) is 42.0 Å². The van der Waals surface area contributed by atoms with E-state index in [4.69, 9.17) is 0 Å². The molecular formula is C24H34N2O2. The first-order valence-corrected chi connectivity index (χ1v) is 10.9. The normalized spacial score (nSPS) is 29.2. The van der Waals surface area contributed by atoms with E-state index in [1.54, 1.807) is 0 Å². The molecule has 1 aromatic rings. The van der Waals surface area contributed by atoms with Gasteiger partial charge in [0, 0.05) is 31.6 Å². The van der Waals surface area contributed by atoms with Crippen LogP contribution in [0, 0.1) is 17.8 Å². The number of benzene rings is 1. The largest absolute Gasteiger partial charge is 0.375 e. The van der Waals surface area contributed by atoms with Crippen molar-refractivity contribution in [3.8, 4) is 0 Å². The predicted octanol–water partition coefficient (Wildman–Crippen LogP) is 3.47. The van der Waals surface area contributed by atoms with Crippen LogP contribution in [0.5, 0.6) is 0 Å². The highest BCUT2D eigenvalue weighted by Gasteiger charge is 2.58. The minimum absolute atomic E-state index is 0.0223. The van der Waals surface area contributed by atoms with E-state index in [0.29, 0.717) is 11.8 Å². The molecule has 4 atom stereocenters. The molecule has 152 valence electrons. The zero-order valence-corrected chi connectivity index (χ0v) is 17.2. The SMILES string of the molecule is CC(C)=CCCN1C[C@@H]2C(NC(=O)[C@](O)(c3ccccc3)C3CCCC3)[C@@H]2C1. The van der Waals surface area contributed by atoms with Gasteiger partial charge in [-0.3, -0.25) is 4.79 Å². The van der Waals surface area contributed by atoms with Crippen molar-refractivity contribution in [2.75, 3.05) is 19.6 Å². The topological polar surface area (TPSA) is 52.6 Å². The number of nitrogens with zero attached hydrogens (tertiary/aromatic N) is 1. The molecule has 28 heavy (non-hydrogen) atoms. The van der Waals surface area contributed by atoms with Gasteiger partial charge in [0.2, 0.25) is 0 Å². The third-order valence-corrected chi connectivity index (χ3v) is 7.07. The first-order chi connectivity index (χ1) is 13.5. The number of nitrogens with one attached hydrogen (secondary N) is 1. The Labute approximate surface area is 169 Å². The lowest BCUT2D eigenvalue weighted by Crippen LogP contribution is -2.51. The van der Waals surface area contributed by atoms with Crippen molar-refractivity contribution < 1.29 is 9.90 Å². The fourth-order valence-electron chi connectivity index (χ4n) is 5.40. The van der Waals surface area contributed by atoms with Crippen molar-refractivity contribution in [1.29, 1.82) is 0 Å². The van der Waals surface area contributed by atoms with Crippen molar-refractivity contribution in [1.82, 2.24) is 10.2 Å². The molecule has 4 heteroatoms. The Kier molecular flexibility index (Phi) is 5.62. The third kappa shape index (κ3) is 3.77. The zero-order valence-electron chi connectivity index (χ0n) is 17.2. The Bertz CT molecular complexity index is 709. The van der Waals surface area contributed by atoms with E-state index in [9.17, 15) is 9.90 Å². The molecule has 0 aromatic heterocycles. The molecule has 2 aliphatic carbocycles. The fraction of sp³-hybridized carbons (Fsp3) is 0.625. The van der Waals surface area contributed by atoms with Crippen molar-refractivity contribution in [3.05, 3.63) is 47.5 Å². The summed E-state index contributed by atoms with van der Waals surface area (Å²) in [6.45, 7) is 7.53. The van der Waals surface area contributed by atoms with Crippen LogP contribution in [-0.4, -0.2) is 41.6 Å². The van der Waals surface area contributed by atoms with Crippen LogP contribution >= 0.6 is 0 Å². The van der Waals surface area contributed by atoms with Gasteiger partial charge in [0.1, 0.15) is 0 Å². The average molecular weight is 383 g/mol. The Hall–Kier alpha value is -1.65. The number of fused-ring (bicyclic) bond motifs is 1. The van der Waals surface area contributed by atoms with E-state index >= 15 is 0 Å². The second-order valence-electron chi connectivity index (χ2n) is 9.27. The van der Waals surface area contributed by atoms with Crippen molar-refractivity contribution in [3.63, 3.8) is 0 Å². The molecule has 1 aliphatic heterocycles. The quantitative estimate of drug-likeness (QED) is 0.710. The van der Waals surface area contributed by atoms with E-state index in [1.165, 1.54) is 5.57 Å². The Morgan fingerprint density at radius 2 is 1.82 bits per heavy atom. The number of aliphatic hydroxyl groups is 1. The van der Waals surface area contributed by atoms with Gasteiger partial charge in [0.05, 0.1) is 0 Å². The van der Waals surface area contributed by atoms with Crippen molar-refractivity contribution in [2.45, 2.75) is 57.6 Å². The lowest BCUT2D eigenvalue weighted by Gasteiger charge is -2.33. The molecule has 4 rings (SSSR count). The Balaban J connectivity index is 1.37. The number of carbonyl (C=O) groups is 1. The van der Waals surface area contributed by atoms with Crippen molar-refractivity contribution >= 4 is 5.91 Å². The van der Waals surface area contributed by atoms with Gasteiger partial charge >= 0.3 is 0 Å². The van der Waals surface area contributed by atoms with Gasteiger partial charge in [-0.15, -0.1) is 0 Å². The van der Waals surface area contributed by atoms with Gasteiger partial charge < -0.3 is 15.3 Å². The number of piperidine rings is 1. The average Bonchev–Trinajstić information content (AvgIpc) is 3.11. The van der Waals surface area contributed by atoms with Crippen LogP contribution in [0.4, 0.5) is 0 Å². The maximum absolute atomic E-state index is 13.3.